The molecule has 0 bridgehead atoms. The van der Waals surface area contributed by atoms with Crippen molar-refractivity contribution in [1.82, 2.24) is 5.32 Å². The molecule has 1 rings (SSSR count). The number of rotatable bonds is 3. The molecule has 0 radical (unpaired) electrons. The molecular formula is C7H15NO2. The van der Waals surface area contributed by atoms with Crippen molar-refractivity contribution < 1.29 is 10.2 Å². The van der Waals surface area contributed by atoms with Crippen molar-refractivity contribution in [1.29, 1.82) is 0 Å². The van der Waals surface area contributed by atoms with Gasteiger partial charge in [0, 0.05) is 12.6 Å². The highest BCUT2D eigenvalue weighted by Crippen LogP contribution is 2.11. The predicted molar refractivity (Wildman–Crippen MR) is 38.7 cm³/mol. The summed E-state index contributed by atoms with van der Waals surface area (Å²) in [4.78, 5) is 0. The summed E-state index contributed by atoms with van der Waals surface area (Å²) >= 11 is 0. The van der Waals surface area contributed by atoms with E-state index >= 15 is 0 Å². The average molecular weight is 145 g/mol. The second-order valence-corrected chi connectivity index (χ2v) is 2.78. The van der Waals surface area contributed by atoms with Gasteiger partial charge in [0.2, 0.25) is 0 Å². The van der Waals surface area contributed by atoms with Gasteiger partial charge in [-0.3, -0.25) is 0 Å². The molecule has 60 valence electrons. The number of hydrogen-bond acceptors (Lipinski definition) is 3. The lowest BCUT2D eigenvalue weighted by Crippen LogP contribution is -2.30. The number of nitrogens with one attached hydrogen (secondary N) is 1. The van der Waals surface area contributed by atoms with E-state index in [-0.39, 0.29) is 18.8 Å². The van der Waals surface area contributed by atoms with Gasteiger partial charge in [-0.25, -0.2) is 0 Å². The minimum atomic E-state index is -0.188. The van der Waals surface area contributed by atoms with Crippen LogP contribution >= 0.6 is 0 Å². The quantitative estimate of drug-likeness (QED) is 0.501. The van der Waals surface area contributed by atoms with Crippen molar-refractivity contribution in [2.75, 3.05) is 13.2 Å². The molecule has 10 heavy (non-hydrogen) atoms. The van der Waals surface area contributed by atoms with Crippen molar-refractivity contribution in [2.45, 2.75) is 31.4 Å². The molecule has 0 spiro atoms. The third kappa shape index (κ3) is 1.94. The van der Waals surface area contributed by atoms with Crippen LogP contribution in [-0.2, 0) is 0 Å². The lowest BCUT2D eigenvalue weighted by atomic mass is 10.1. The molecule has 3 N–H and O–H groups in total. The summed E-state index contributed by atoms with van der Waals surface area (Å²) < 4.78 is 0. The first-order valence-corrected chi connectivity index (χ1v) is 3.87. The minimum Gasteiger partial charge on any atom is -0.396 e. The van der Waals surface area contributed by atoms with Crippen LogP contribution in [0.2, 0.25) is 0 Å². The molecular weight excluding hydrogens is 130 g/mol. The fourth-order valence-corrected chi connectivity index (χ4v) is 1.36. The van der Waals surface area contributed by atoms with Crippen molar-refractivity contribution in [3.63, 3.8) is 0 Å². The molecule has 1 aliphatic rings. The van der Waals surface area contributed by atoms with Crippen LogP contribution in [0.4, 0.5) is 0 Å². The molecule has 3 heteroatoms. The predicted octanol–water partition coefficient (Wildman–Crippen LogP) is -0.518. The highest BCUT2D eigenvalue weighted by atomic mass is 16.3. The lowest BCUT2D eigenvalue weighted by Gasteiger charge is -2.12. The highest BCUT2D eigenvalue weighted by molar-refractivity contribution is 4.82. The van der Waals surface area contributed by atoms with Crippen LogP contribution in [0.25, 0.3) is 0 Å². The van der Waals surface area contributed by atoms with E-state index in [1.54, 1.807) is 0 Å². The van der Waals surface area contributed by atoms with Crippen LogP contribution in [-0.4, -0.2) is 35.5 Å². The van der Waals surface area contributed by atoms with Crippen LogP contribution in [0.1, 0.15) is 19.3 Å². The molecule has 2 atom stereocenters. The standard InChI is InChI=1S/C7H15NO2/c9-5-1-2-6-7(10)3-4-8-6/h6-10H,1-5H2. The smallest absolute Gasteiger partial charge is 0.0705 e. The van der Waals surface area contributed by atoms with Gasteiger partial charge < -0.3 is 15.5 Å². The maximum Gasteiger partial charge on any atom is 0.0705 e. The Hall–Kier alpha value is -0.120. The molecule has 0 aromatic heterocycles. The highest BCUT2D eigenvalue weighted by Gasteiger charge is 2.23. The van der Waals surface area contributed by atoms with Gasteiger partial charge in [0.25, 0.3) is 0 Å². The Balaban J connectivity index is 2.14. The topological polar surface area (TPSA) is 52.5 Å². The third-order valence-corrected chi connectivity index (χ3v) is 1.98. The van der Waals surface area contributed by atoms with E-state index in [1.807, 2.05) is 0 Å². The normalized spacial score (nSPS) is 33.0. The fourth-order valence-electron chi connectivity index (χ4n) is 1.36. The maximum absolute atomic E-state index is 9.27. The van der Waals surface area contributed by atoms with Gasteiger partial charge in [-0.1, -0.05) is 0 Å². The van der Waals surface area contributed by atoms with Crippen molar-refractivity contribution in [2.24, 2.45) is 0 Å². The molecule has 0 saturated carbocycles. The largest absolute Gasteiger partial charge is 0.396 e. The Labute approximate surface area is 61.1 Å². The summed E-state index contributed by atoms with van der Waals surface area (Å²) in [6.45, 7) is 1.14. The number of aliphatic hydroxyl groups is 2. The van der Waals surface area contributed by atoms with Crippen LogP contribution in [0.15, 0.2) is 0 Å². The summed E-state index contributed by atoms with van der Waals surface area (Å²) in [6, 6.07) is 0.229. The second kappa shape index (κ2) is 3.91. The van der Waals surface area contributed by atoms with Crippen molar-refractivity contribution in [3.8, 4) is 0 Å². The van der Waals surface area contributed by atoms with Gasteiger partial charge >= 0.3 is 0 Å². The zero-order valence-electron chi connectivity index (χ0n) is 6.08. The van der Waals surface area contributed by atoms with E-state index in [9.17, 15) is 5.11 Å². The third-order valence-electron chi connectivity index (χ3n) is 1.98. The number of hydrogen-bond donors (Lipinski definition) is 3. The molecule has 1 heterocycles. The van der Waals surface area contributed by atoms with Gasteiger partial charge in [0.15, 0.2) is 0 Å². The molecule has 2 unspecified atom stereocenters. The average Bonchev–Trinajstić information content (AvgIpc) is 2.31. The number of aliphatic hydroxyl groups excluding tert-OH is 2. The maximum atomic E-state index is 9.27. The Bertz CT molecular complexity index is 97.6. The summed E-state index contributed by atoms with van der Waals surface area (Å²) in [5.41, 5.74) is 0. The fraction of sp³-hybridized carbons (Fsp3) is 1.00. The van der Waals surface area contributed by atoms with Crippen molar-refractivity contribution >= 4 is 0 Å². The molecule has 1 aliphatic heterocycles. The molecule has 0 aromatic rings. The Kier molecular flexibility index (Phi) is 3.12. The van der Waals surface area contributed by atoms with Crippen LogP contribution < -0.4 is 5.32 Å². The SMILES string of the molecule is OCCCC1NCCC1O. The molecule has 3 nitrogen and oxygen atoms in total. The summed E-state index contributed by atoms with van der Waals surface area (Å²) in [7, 11) is 0. The summed E-state index contributed by atoms with van der Waals surface area (Å²) in [6.07, 6.45) is 2.34. The molecule has 0 aliphatic carbocycles. The van der Waals surface area contributed by atoms with E-state index < -0.39 is 0 Å². The van der Waals surface area contributed by atoms with Gasteiger partial charge in [-0.15, -0.1) is 0 Å². The van der Waals surface area contributed by atoms with Gasteiger partial charge in [-0.2, -0.15) is 0 Å². The molecule has 0 amide bonds. The van der Waals surface area contributed by atoms with Gasteiger partial charge in [0.05, 0.1) is 6.10 Å². The zero-order chi connectivity index (χ0) is 7.40. The van der Waals surface area contributed by atoms with Crippen molar-refractivity contribution in [3.05, 3.63) is 0 Å². The van der Waals surface area contributed by atoms with E-state index in [0.717, 1.165) is 25.8 Å². The Morgan fingerprint density at radius 2 is 2.30 bits per heavy atom. The van der Waals surface area contributed by atoms with E-state index in [4.69, 9.17) is 5.11 Å². The first-order chi connectivity index (χ1) is 4.84. The summed E-state index contributed by atoms with van der Waals surface area (Å²) in [5.74, 6) is 0. The molecule has 0 aromatic carbocycles. The molecule has 1 fully saturated rings. The lowest BCUT2D eigenvalue weighted by molar-refractivity contribution is 0.149. The van der Waals surface area contributed by atoms with Crippen LogP contribution in [0, 0.1) is 0 Å². The zero-order valence-corrected chi connectivity index (χ0v) is 6.08. The van der Waals surface area contributed by atoms with Crippen LogP contribution in [0.5, 0.6) is 0 Å². The van der Waals surface area contributed by atoms with Gasteiger partial charge in [-0.05, 0) is 25.8 Å². The second-order valence-electron chi connectivity index (χ2n) is 2.78. The van der Waals surface area contributed by atoms with E-state index in [0.29, 0.717) is 0 Å². The van der Waals surface area contributed by atoms with Gasteiger partial charge in [0.1, 0.15) is 0 Å². The Morgan fingerprint density at radius 1 is 1.50 bits per heavy atom. The molecule has 1 saturated heterocycles. The first-order valence-electron chi connectivity index (χ1n) is 3.87. The minimum absolute atomic E-state index is 0.188. The van der Waals surface area contributed by atoms with E-state index in [2.05, 4.69) is 5.32 Å². The van der Waals surface area contributed by atoms with E-state index in [1.165, 1.54) is 0 Å². The Morgan fingerprint density at radius 3 is 2.80 bits per heavy atom. The van der Waals surface area contributed by atoms with Crippen LogP contribution in [0.3, 0.4) is 0 Å². The monoisotopic (exact) mass is 145 g/mol. The summed E-state index contributed by atoms with van der Waals surface area (Å²) in [5, 5.41) is 21.0. The first kappa shape index (κ1) is 7.98.